The smallest absolute Gasteiger partial charge is 0.306 e. The number of nitrogens with zero attached hydrogens (tertiary/aromatic N) is 1. The molecule has 0 aliphatic heterocycles. The summed E-state index contributed by atoms with van der Waals surface area (Å²) in [5, 5.41) is 0. The summed E-state index contributed by atoms with van der Waals surface area (Å²) in [5.74, 6) is -0.159. The van der Waals surface area contributed by atoms with Gasteiger partial charge in [-0.25, -0.2) is 0 Å². The van der Waals surface area contributed by atoms with Crippen LogP contribution in [0.15, 0.2) is 0 Å². The van der Waals surface area contributed by atoms with Crippen LogP contribution in [-0.2, 0) is 14.3 Å². The maximum Gasteiger partial charge on any atom is 0.306 e. The summed E-state index contributed by atoms with van der Waals surface area (Å²) in [4.78, 5) is 24.8. The minimum absolute atomic E-state index is 0.121. The van der Waals surface area contributed by atoms with Gasteiger partial charge in [-0.15, -0.1) is 0 Å². The molecular weight excluding hydrogens is 218 g/mol. The molecule has 100 valence electrons. The molecule has 0 radical (unpaired) electrons. The van der Waals surface area contributed by atoms with Crippen molar-refractivity contribution < 1.29 is 14.3 Å². The van der Waals surface area contributed by atoms with Gasteiger partial charge in [-0.05, 0) is 26.4 Å². The standard InChI is InChI=1S/C13H25NO3/c1-4-7-10-14(5-2)11-12(15)8-9-13(16)17-6-3/h4-11H2,1-3H3. The monoisotopic (exact) mass is 243 g/mol. The zero-order valence-electron chi connectivity index (χ0n) is 11.3. The van der Waals surface area contributed by atoms with Gasteiger partial charge in [0.2, 0.25) is 0 Å². The van der Waals surface area contributed by atoms with E-state index in [4.69, 9.17) is 4.74 Å². The molecule has 17 heavy (non-hydrogen) atoms. The van der Waals surface area contributed by atoms with Gasteiger partial charge in [-0.3, -0.25) is 14.5 Å². The van der Waals surface area contributed by atoms with Gasteiger partial charge in [0.15, 0.2) is 0 Å². The van der Waals surface area contributed by atoms with E-state index >= 15 is 0 Å². The second-order valence-electron chi connectivity index (χ2n) is 4.07. The Bertz CT molecular complexity index is 229. The summed E-state index contributed by atoms with van der Waals surface area (Å²) in [6.07, 6.45) is 2.74. The van der Waals surface area contributed by atoms with Crippen LogP contribution < -0.4 is 0 Å². The predicted molar refractivity (Wildman–Crippen MR) is 67.9 cm³/mol. The molecule has 0 heterocycles. The van der Waals surface area contributed by atoms with Crippen LogP contribution in [0.5, 0.6) is 0 Å². The third-order valence-electron chi connectivity index (χ3n) is 2.59. The lowest BCUT2D eigenvalue weighted by molar-refractivity contribution is -0.144. The van der Waals surface area contributed by atoms with Gasteiger partial charge in [0.25, 0.3) is 0 Å². The Morgan fingerprint density at radius 3 is 2.35 bits per heavy atom. The van der Waals surface area contributed by atoms with Crippen molar-refractivity contribution in [3.63, 3.8) is 0 Å². The highest BCUT2D eigenvalue weighted by Gasteiger charge is 2.11. The fourth-order valence-electron chi connectivity index (χ4n) is 1.53. The first-order chi connectivity index (χ1) is 8.13. The fraction of sp³-hybridized carbons (Fsp3) is 0.846. The van der Waals surface area contributed by atoms with Crippen molar-refractivity contribution in [3.8, 4) is 0 Å². The molecule has 0 aromatic carbocycles. The first kappa shape index (κ1) is 16.1. The number of carbonyl (C=O) groups is 2. The largest absolute Gasteiger partial charge is 0.466 e. The number of Topliss-reactive ketones (excluding diaryl/α,β-unsaturated/α-hetero) is 1. The highest BCUT2D eigenvalue weighted by molar-refractivity contribution is 5.84. The van der Waals surface area contributed by atoms with Crippen molar-refractivity contribution in [2.75, 3.05) is 26.2 Å². The van der Waals surface area contributed by atoms with Crippen LogP contribution in [-0.4, -0.2) is 42.9 Å². The topological polar surface area (TPSA) is 46.6 Å². The number of hydrogen-bond donors (Lipinski definition) is 0. The number of likely N-dealkylation sites (N-methyl/N-ethyl adjacent to an activating group) is 1. The molecule has 0 unspecified atom stereocenters. The van der Waals surface area contributed by atoms with Crippen molar-refractivity contribution >= 4 is 11.8 Å². The lowest BCUT2D eigenvalue weighted by atomic mass is 10.2. The summed E-state index contributed by atoms with van der Waals surface area (Å²) in [5.41, 5.74) is 0. The maximum atomic E-state index is 11.6. The second kappa shape index (κ2) is 10.3. The molecule has 0 aromatic rings. The number of rotatable bonds is 10. The van der Waals surface area contributed by atoms with E-state index in [1.807, 2.05) is 6.92 Å². The molecule has 0 saturated carbocycles. The lowest BCUT2D eigenvalue weighted by Gasteiger charge is -2.18. The first-order valence-corrected chi connectivity index (χ1v) is 6.53. The van der Waals surface area contributed by atoms with Crippen LogP contribution in [0.1, 0.15) is 46.5 Å². The van der Waals surface area contributed by atoms with E-state index in [9.17, 15) is 9.59 Å². The van der Waals surface area contributed by atoms with E-state index in [0.717, 1.165) is 25.9 Å². The number of carbonyl (C=O) groups excluding carboxylic acids is 2. The van der Waals surface area contributed by atoms with E-state index < -0.39 is 0 Å². The van der Waals surface area contributed by atoms with Crippen LogP contribution in [0.2, 0.25) is 0 Å². The Balaban J connectivity index is 3.78. The molecular formula is C13H25NO3. The van der Waals surface area contributed by atoms with Crippen molar-refractivity contribution in [1.82, 2.24) is 4.90 Å². The number of unbranched alkanes of at least 4 members (excludes halogenated alkanes) is 1. The normalized spacial score (nSPS) is 10.6. The Labute approximate surface area is 104 Å². The van der Waals surface area contributed by atoms with E-state index in [1.54, 1.807) is 6.92 Å². The quantitative estimate of drug-likeness (QED) is 0.551. The van der Waals surface area contributed by atoms with Crippen molar-refractivity contribution in [1.29, 1.82) is 0 Å². The van der Waals surface area contributed by atoms with Crippen molar-refractivity contribution in [3.05, 3.63) is 0 Å². The number of ether oxygens (including phenoxy) is 1. The summed E-state index contributed by atoms with van der Waals surface area (Å²) in [6.45, 7) is 8.62. The van der Waals surface area contributed by atoms with Gasteiger partial charge >= 0.3 is 5.97 Å². The Kier molecular flexibility index (Phi) is 9.72. The van der Waals surface area contributed by atoms with Crippen LogP contribution >= 0.6 is 0 Å². The zero-order chi connectivity index (χ0) is 13.1. The molecule has 0 spiro atoms. The Morgan fingerprint density at radius 1 is 1.12 bits per heavy atom. The van der Waals surface area contributed by atoms with Crippen LogP contribution in [0.25, 0.3) is 0 Å². The molecule has 4 heteroatoms. The lowest BCUT2D eigenvalue weighted by Crippen LogP contribution is -2.30. The third kappa shape index (κ3) is 8.86. The van der Waals surface area contributed by atoms with Crippen molar-refractivity contribution in [2.45, 2.75) is 46.5 Å². The van der Waals surface area contributed by atoms with Crippen LogP contribution in [0.4, 0.5) is 0 Å². The van der Waals surface area contributed by atoms with Crippen molar-refractivity contribution in [2.24, 2.45) is 0 Å². The highest BCUT2D eigenvalue weighted by atomic mass is 16.5. The van der Waals surface area contributed by atoms with E-state index in [-0.39, 0.29) is 18.2 Å². The molecule has 0 rings (SSSR count). The van der Waals surface area contributed by atoms with Crippen LogP contribution in [0, 0.1) is 0 Å². The molecule has 0 aromatic heterocycles. The minimum atomic E-state index is -0.280. The molecule has 0 saturated heterocycles. The summed E-state index contributed by atoms with van der Waals surface area (Å²) < 4.78 is 4.78. The molecule has 4 nitrogen and oxygen atoms in total. The van der Waals surface area contributed by atoms with Gasteiger partial charge in [-0.2, -0.15) is 0 Å². The van der Waals surface area contributed by atoms with Gasteiger partial charge in [0.1, 0.15) is 5.78 Å². The molecule has 0 bridgehead atoms. The first-order valence-electron chi connectivity index (χ1n) is 6.53. The fourth-order valence-corrected chi connectivity index (χ4v) is 1.53. The number of hydrogen-bond acceptors (Lipinski definition) is 4. The Morgan fingerprint density at radius 2 is 1.82 bits per heavy atom. The molecule has 0 aliphatic rings. The van der Waals surface area contributed by atoms with E-state index in [0.29, 0.717) is 19.6 Å². The summed E-state index contributed by atoms with van der Waals surface area (Å²) >= 11 is 0. The highest BCUT2D eigenvalue weighted by Crippen LogP contribution is 1.99. The number of ketones is 1. The summed E-state index contributed by atoms with van der Waals surface area (Å²) in [7, 11) is 0. The molecule has 0 amide bonds. The Hall–Kier alpha value is -0.900. The average Bonchev–Trinajstić information content (AvgIpc) is 2.32. The molecule has 0 atom stereocenters. The SMILES string of the molecule is CCCCN(CC)CC(=O)CCC(=O)OCC. The average molecular weight is 243 g/mol. The summed E-state index contributed by atoms with van der Waals surface area (Å²) in [6, 6.07) is 0. The van der Waals surface area contributed by atoms with Crippen LogP contribution in [0.3, 0.4) is 0 Å². The molecule has 0 N–H and O–H groups in total. The minimum Gasteiger partial charge on any atom is -0.466 e. The van der Waals surface area contributed by atoms with Gasteiger partial charge in [0.05, 0.1) is 19.6 Å². The van der Waals surface area contributed by atoms with Gasteiger partial charge < -0.3 is 4.74 Å². The van der Waals surface area contributed by atoms with E-state index in [1.165, 1.54) is 0 Å². The number of esters is 1. The second-order valence-corrected chi connectivity index (χ2v) is 4.07. The predicted octanol–water partition coefficient (Wildman–Crippen LogP) is 2.02. The zero-order valence-corrected chi connectivity index (χ0v) is 11.3. The third-order valence-corrected chi connectivity index (χ3v) is 2.59. The van der Waals surface area contributed by atoms with Gasteiger partial charge in [0, 0.05) is 6.42 Å². The molecule has 0 fully saturated rings. The van der Waals surface area contributed by atoms with Gasteiger partial charge in [-0.1, -0.05) is 20.3 Å². The molecule has 0 aliphatic carbocycles. The maximum absolute atomic E-state index is 11.6. The van der Waals surface area contributed by atoms with E-state index in [2.05, 4.69) is 11.8 Å².